The van der Waals surface area contributed by atoms with Gasteiger partial charge in [0.2, 0.25) is 5.76 Å². The monoisotopic (exact) mass is 378 g/mol. The number of benzene rings is 2. The van der Waals surface area contributed by atoms with Gasteiger partial charge in [0.05, 0.1) is 12.7 Å². The summed E-state index contributed by atoms with van der Waals surface area (Å²) in [6.07, 6.45) is 0. The Morgan fingerprint density at radius 1 is 0.857 bits per heavy atom. The molecule has 0 spiro atoms. The molecule has 1 aromatic heterocycles. The number of hydrogen-bond donors (Lipinski definition) is 0. The van der Waals surface area contributed by atoms with Gasteiger partial charge in [-0.3, -0.25) is 4.79 Å². The summed E-state index contributed by atoms with van der Waals surface area (Å²) >= 11 is 0. The van der Waals surface area contributed by atoms with Gasteiger partial charge in [-0.05, 0) is 25.1 Å². The molecule has 3 aromatic rings. The molecule has 1 heterocycles. The van der Waals surface area contributed by atoms with E-state index >= 15 is 0 Å². The first-order valence-corrected chi connectivity index (χ1v) is 8.54. The average Bonchev–Trinajstić information content (AvgIpc) is 3.20. The molecule has 0 saturated heterocycles. The standard InChI is InChI=1S/C22H18O6/c1-14-7-9-15(10-8-14)20(23)17-5-3-4-6-18(17)21(24)27-13-16-11-12-19(28-16)22(25)26-2/h3-12H,13H2,1-2H3. The molecule has 142 valence electrons. The van der Waals surface area contributed by atoms with Gasteiger partial charge in [-0.1, -0.05) is 48.0 Å². The molecular formula is C22H18O6. The van der Waals surface area contributed by atoms with E-state index in [1.807, 2.05) is 19.1 Å². The fourth-order valence-electron chi connectivity index (χ4n) is 2.60. The second kappa shape index (κ2) is 8.35. The number of esters is 2. The van der Waals surface area contributed by atoms with Crippen molar-refractivity contribution in [2.24, 2.45) is 0 Å². The molecule has 6 nitrogen and oxygen atoms in total. The summed E-state index contributed by atoms with van der Waals surface area (Å²) in [4.78, 5) is 36.7. The van der Waals surface area contributed by atoms with Crippen LogP contribution in [-0.4, -0.2) is 24.8 Å². The first-order valence-electron chi connectivity index (χ1n) is 8.54. The van der Waals surface area contributed by atoms with Crippen LogP contribution in [0.15, 0.2) is 65.1 Å². The third-order valence-corrected chi connectivity index (χ3v) is 4.10. The normalized spacial score (nSPS) is 10.4. The fraction of sp³-hybridized carbons (Fsp3) is 0.136. The Hall–Kier alpha value is -3.67. The van der Waals surface area contributed by atoms with Crippen LogP contribution in [0.3, 0.4) is 0 Å². The first-order chi connectivity index (χ1) is 13.5. The molecule has 0 fully saturated rings. The van der Waals surface area contributed by atoms with Crippen molar-refractivity contribution in [2.45, 2.75) is 13.5 Å². The maximum Gasteiger partial charge on any atom is 0.373 e. The lowest BCUT2D eigenvalue weighted by Crippen LogP contribution is -2.12. The van der Waals surface area contributed by atoms with Crippen LogP contribution < -0.4 is 0 Å². The minimum Gasteiger partial charge on any atom is -0.463 e. The number of furan rings is 1. The highest BCUT2D eigenvalue weighted by Gasteiger charge is 2.20. The fourth-order valence-corrected chi connectivity index (χ4v) is 2.60. The summed E-state index contributed by atoms with van der Waals surface area (Å²) in [5.74, 6) is -1.24. The average molecular weight is 378 g/mol. The van der Waals surface area contributed by atoms with Crippen molar-refractivity contribution >= 4 is 17.7 Å². The SMILES string of the molecule is COC(=O)c1ccc(COC(=O)c2ccccc2C(=O)c2ccc(C)cc2)o1. The highest BCUT2D eigenvalue weighted by Crippen LogP contribution is 2.18. The van der Waals surface area contributed by atoms with Crippen LogP contribution in [0.2, 0.25) is 0 Å². The predicted octanol–water partition coefficient (Wildman–Crippen LogP) is 3.96. The minimum absolute atomic E-state index is 0.0171. The molecule has 0 aliphatic carbocycles. The van der Waals surface area contributed by atoms with E-state index < -0.39 is 11.9 Å². The summed E-state index contributed by atoms with van der Waals surface area (Å²) < 4.78 is 15.1. The highest BCUT2D eigenvalue weighted by molar-refractivity contribution is 6.14. The Kier molecular flexibility index (Phi) is 5.69. The largest absolute Gasteiger partial charge is 0.463 e. The van der Waals surface area contributed by atoms with Crippen molar-refractivity contribution < 1.29 is 28.3 Å². The van der Waals surface area contributed by atoms with Gasteiger partial charge in [0, 0.05) is 11.1 Å². The second-order valence-electron chi connectivity index (χ2n) is 6.07. The van der Waals surface area contributed by atoms with E-state index in [1.165, 1.54) is 25.3 Å². The van der Waals surface area contributed by atoms with Crippen molar-refractivity contribution in [3.8, 4) is 0 Å². The smallest absolute Gasteiger partial charge is 0.373 e. The molecule has 0 radical (unpaired) electrons. The van der Waals surface area contributed by atoms with Crippen LogP contribution in [0, 0.1) is 6.92 Å². The molecular weight excluding hydrogens is 360 g/mol. The zero-order chi connectivity index (χ0) is 20.1. The van der Waals surface area contributed by atoms with Crippen LogP contribution in [0.5, 0.6) is 0 Å². The van der Waals surface area contributed by atoms with Gasteiger partial charge in [0.15, 0.2) is 5.78 Å². The number of rotatable bonds is 6. The third kappa shape index (κ3) is 4.17. The lowest BCUT2D eigenvalue weighted by Gasteiger charge is -2.09. The van der Waals surface area contributed by atoms with Gasteiger partial charge < -0.3 is 13.9 Å². The number of aryl methyl sites for hydroxylation is 1. The molecule has 0 bridgehead atoms. The summed E-state index contributed by atoms with van der Waals surface area (Å²) in [6, 6.07) is 16.5. The molecule has 0 aliphatic rings. The Balaban J connectivity index is 1.75. The minimum atomic E-state index is -0.660. The van der Waals surface area contributed by atoms with Gasteiger partial charge in [0.25, 0.3) is 0 Å². The quantitative estimate of drug-likeness (QED) is 0.477. The molecule has 3 rings (SSSR count). The van der Waals surface area contributed by atoms with Gasteiger partial charge >= 0.3 is 11.9 Å². The molecule has 0 amide bonds. The van der Waals surface area contributed by atoms with E-state index in [0.29, 0.717) is 5.56 Å². The summed E-state index contributed by atoms with van der Waals surface area (Å²) in [6.45, 7) is 1.75. The van der Waals surface area contributed by atoms with Crippen molar-refractivity contribution in [3.63, 3.8) is 0 Å². The van der Waals surface area contributed by atoms with E-state index in [-0.39, 0.29) is 35.0 Å². The molecule has 0 saturated carbocycles. The van der Waals surface area contributed by atoms with E-state index in [1.54, 1.807) is 30.3 Å². The Morgan fingerprint density at radius 3 is 2.21 bits per heavy atom. The lowest BCUT2D eigenvalue weighted by atomic mass is 9.98. The van der Waals surface area contributed by atoms with E-state index in [9.17, 15) is 14.4 Å². The molecule has 0 aliphatic heterocycles. The van der Waals surface area contributed by atoms with E-state index in [2.05, 4.69) is 4.74 Å². The first kappa shape index (κ1) is 19.1. The van der Waals surface area contributed by atoms with Crippen molar-refractivity contribution in [2.75, 3.05) is 7.11 Å². The Morgan fingerprint density at radius 2 is 1.54 bits per heavy atom. The zero-order valence-corrected chi connectivity index (χ0v) is 15.4. The van der Waals surface area contributed by atoms with Crippen LogP contribution in [0.4, 0.5) is 0 Å². The third-order valence-electron chi connectivity index (χ3n) is 4.10. The van der Waals surface area contributed by atoms with Crippen molar-refractivity contribution in [3.05, 3.63) is 94.4 Å². The Bertz CT molecular complexity index is 1010. The number of ketones is 1. The molecule has 0 atom stereocenters. The molecule has 0 N–H and O–H groups in total. The van der Waals surface area contributed by atoms with Crippen LogP contribution in [0.1, 0.15) is 48.2 Å². The summed E-state index contributed by atoms with van der Waals surface area (Å²) in [5, 5.41) is 0. The van der Waals surface area contributed by atoms with Gasteiger partial charge in [-0.25, -0.2) is 9.59 Å². The maximum atomic E-state index is 12.8. The number of ether oxygens (including phenoxy) is 2. The van der Waals surface area contributed by atoms with E-state index in [0.717, 1.165) is 5.56 Å². The van der Waals surface area contributed by atoms with Crippen LogP contribution >= 0.6 is 0 Å². The van der Waals surface area contributed by atoms with E-state index in [4.69, 9.17) is 9.15 Å². The second-order valence-corrected chi connectivity index (χ2v) is 6.07. The number of hydrogen-bond acceptors (Lipinski definition) is 6. The molecule has 6 heteroatoms. The van der Waals surface area contributed by atoms with Crippen molar-refractivity contribution in [1.82, 2.24) is 0 Å². The molecule has 2 aromatic carbocycles. The van der Waals surface area contributed by atoms with Gasteiger partial charge in [-0.2, -0.15) is 0 Å². The maximum absolute atomic E-state index is 12.8. The van der Waals surface area contributed by atoms with Gasteiger partial charge in [0.1, 0.15) is 12.4 Å². The molecule has 28 heavy (non-hydrogen) atoms. The lowest BCUT2D eigenvalue weighted by molar-refractivity contribution is 0.0436. The number of carbonyl (C=O) groups excluding carboxylic acids is 3. The van der Waals surface area contributed by atoms with Crippen molar-refractivity contribution in [1.29, 1.82) is 0 Å². The van der Waals surface area contributed by atoms with Crippen LogP contribution in [0.25, 0.3) is 0 Å². The zero-order valence-electron chi connectivity index (χ0n) is 15.4. The number of methoxy groups -OCH3 is 1. The van der Waals surface area contributed by atoms with Crippen LogP contribution in [-0.2, 0) is 16.1 Å². The predicted molar refractivity (Wildman–Crippen MR) is 100 cm³/mol. The topological polar surface area (TPSA) is 82.8 Å². The molecule has 0 unspecified atom stereocenters. The number of carbonyl (C=O) groups is 3. The van der Waals surface area contributed by atoms with Gasteiger partial charge in [-0.15, -0.1) is 0 Å². The highest BCUT2D eigenvalue weighted by atomic mass is 16.5. The summed E-state index contributed by atoms with van der Waals surface area (Å²) in [7, 11) is 1.24. The summed E-state index contributed by atoms with van der Waals surface area (Å²) in [5.41, 5.74) is 1.94. The Labute approximate surface area is 161 Å².